The van der Waals surface area contributed by atoms with E-state index in [-0.39, 0.29) is 35.2 Å². The number of fused-ring (bicyclic) bond motifs is 2. The van der Waals surface area contributed by atoms with E-state index >= 15 is 0 Å². The number of ether oxygens (including phenoxy) is 2. The number of rotatable bonds is 3. The molecule has 1 N–H and O–H groups in total. The molecule has 0 radical (unpaired) electrons. The second kappa shape index (κ2) is 8.86. The highest BCUT2D eigenvalue weighted by atomic mass is 16.5. The van der Waals surface area contributed by atoms with Crippen LogP contribution in [0.4, 0.5) is 0 Å². The van der Waals surface area contributed by atoms with Crippen molar-refractivity contribution in [1.29, 1.82) is 0 Å². The maximum Gasteiger partial charge on any atom is 0.320 e. The standard InChI is InChI=1S/C32H44O7/c1-16-11-13-29(5)18(3)21(15-23(34)31(16,29)27(36)38-7)20-9-10-22(33)24-19(4)30(6)14-12-17(2)32(30,28(37)39-8)26(35)25(20)24/h15-20,22,33H,9-14H2,1-8H3/t16-,17-,18-,19-,20+,22+,29+,30+,31-,32-/m1/s1. The third-order valence-corrected chi connectivity index (χ3v) is 12.8. The van der Waals surface area contributed by atoms with Crippen LogP contribution < -0.4 is 0 Å². The molecule has 0 saturated heterocycles. The van der Waals surface area contributed by atoms with Crippen LogP contribution in [0.2, 0.25) is 0 Å². The van der Waals surface area contributed by atoms with Gasteiger partial charge >= 0.3 is 11.9 Å². The average molecular weight is 541 g/mol. The van der Waals surface area contributed by atoms with Gasteiger partial charge in [-0.1, -0.05) is 47.1 Å². The third kappa shape index (κ3) is 2.98. The van der Waals surface area contributed by atoms with E-state index in [1.165, 1.54) is 14.2 Å². The first-order valence-corrected chi connectivity index (χ1v) is 14.6. The van der Waals surface area contributed by atoms with Crippen LogP contribution in [0.5, 0.6) is 0 Å². The topological polar surface area (TPSA) is 107 Å². The van der Waals surface area contributed by atoms with Crippen molar-refractivity contribution in [2.75, 3.05) is 14.2 Å². The molecule has 214 valence electrons. The van der Waals surface area contributed by atoms with E-state index in [2.05, 4.69) is 6.92 Å². The Morgan fingerprint density at radius 2 is 1.33 bits per heavy atom. The molecule has 7 heteroatoms. The Morgan fingerprint density at radius 1 is 0.821 bits per heavy atom. The van der Waals surface area contributed by atoms with E-state index in [0.29, 0.717) is 31.3 Å². The van der Waals surface area contributed by atoms with Crippen molar-refractivity contribution in [3.05, 3.63) is 22.8 Å². The van der Waals surface area contributed by atoms with Crippen molar-refractivity contribution in [3.8, 4) is 0 Å². The number of allylic oxidation sites excluding steroid dienone is 3. The molecule has 0 amide bonds. The Balaban J connectivity index is 1.73. The highest BCUT2D eigenvalue weighted by Crippen LogP contribution is 2.69. The smallest absolute Gasteiger partial charge is 0.320 e. The normalized spacial score (nSPS) is 47.3. The fourth-order valence-corrected chi connectivity index (χ4v) is 10.4. The number of Topliss-reactive ketones (excluding diaryl/α,β-unsaturated/α-hetero) is 1. The minimum Gasteiger partial charge on any atom is -0.468 e. The summed E-state index contributed by atoms with van der Waals surface area (Å²) >= 11 is 0. The van der Waals surface area contributed by atoms with E-state index < -0.39 is 45.6 Å². The summed E-state index contributed by atoms with van der Waals surface area (Å²) in [5.41, 5.74) is -1.87. The fourth-order valence-electron chi connectivity index (χ4n) is 10.4. The molecular formula is C32H44O7. The lowest BCUT2D eigenvalue weighted by molar-refractivity contribution is -0.173. The van der Waals surface area contributed by atoms with Gasteiger partial charge in [-0.05, 0) is 84.7 Å². The summed E-state index contributed by atoms with van der Waals surface area (Å²) in [6.45, 7) is 12.0. The van der Waals surface area contributed by atoms with Gasteiger partial charge in [0.15, 0.2) is 11.6 Å². The van der Waals surface area contributed by atoms with Crippen molar-refractivity contribution in [2.45, 2.75) is 86.2 Å². The Morgan fingerprint density at radius 3 is 1.90 bits per heavy atom. The molecule has 0 heterocycles. The molecule has 39 heavy (non-hydrogen) atoms. The highest BCUT2D eigenvalue weighted by Gasteiger charge is 2.73. The molecule has 5 aliphatic rings. The maximum absolute atomic E-state index is 14.8. The first kappa shape index (κ1) is 28.3. The van der Waals surface area contributed by atoms with Crippen LogP contribution in [-0.2, 0) is 28.7 Å². The molecule has 0 aromatic carbocycles. The molecule has 0 spiro atoms. The molecule has 5 rings (SSSR count). The van der Waals surface area contributed by atoms with Crippen molar-refractivity contribution < 1.29 is 33.8 Å². The predicted octanol–water partition coefficient (Wildman–Crippen LogP) is 4.61. The molecular weight excluding hydrogens is 496 g/mol. The Hall–Kier alpha value is -2.28. The maximum atomic E-state index is 14.8. The minimum atomic E-state index is -1.33. The zero-order chi connectivity index (χ0) is 28.9. The number of carbonyl (C=O) groups excluding carboxylic acids is 4. The summed E-state index contributed by atoms with van der Waals surface area (Å²) in [5.74, 6) is -2.64. The largest absolute Gasteiger partial charge is 0.468 e. The van der Waals surface area contributed by atoms with Crippen molar-refractivity contribution in [1.82, 2.24) is 0 Å². The summed E-state index contributed by atoms with van der Waals surface area (Å²) in [6.07, 6.45) is 4.67. The van der Waals surface area contributed by atoms with Crippen LogP contribution in [0.1, 0.15) is 80.1 Å². The molecule has 0 aromatic heterocycles. The van der Waals surface area contributed by atoms with E-state index in [1.54, 1.807) is 6.08 Å². The molecule has 5 aliphatic carbocycles. The van der Waals surface area contributed by atoms with Crippen LogP contribution in [0.15, 0.2) is 22.8 Å². The third-order valence-electron chi connectivity index (χ3n) is 12.8. The number of aliphatic hydroxyl groups is 1. The number of aliphatic hydroxyl groups excluding tert-OH is 1. The average Bonchev–Trinajstić information content (AvgIpc) is 3.36. The first-order valence-electron chi connectivity index (χ1n) is 14.6. The van der Waals surface area contributed by atoms with Crippen LogP contribution in [0, 0.1) is 51.2 Å². The predicted molar refractivity (Wildman–Crippen MR) is 144 cm³/mol. The van der Waals surface area contributed by atoms with Crippen LogP contribution in [0.3, 0.4) is 0 Å². The summed E-state index contributed by atoms with van der Waals surface area (Å²) in [5, 5.41) is 11.3. The van der Waals surface area contributed by atoms with Crippen LogP contribution in [-0.4, -0.2) is 48.9 Å². The monoisotopic (exact) mass is 540 g/mol. The lowest BCUT2D eigenvalue weighted by atomic mass is 9.46. The van der Waals surface area contributed by atoms with Gasteiger partial charge in [-0.3, -0.25) is 19.2 Å². The molecule has 0 aromatic rings. The van der Waals surface area contributed by atoms with Gasteiger partial charge in [0.25, 0.3) is 0 Å². The number of ketones is 2. The van der Waals surface area contributed by atoms with Crippen molar-refractivity contribution in [3.63, 3.8) is 0 Å². The molecule has 0 bridgehead atoms. The highest BCUT2D eigenvalue weighted by molar-refractivity contribution is 6.16. The first-order chi connectivity index (χ1) is 18.2. The van der Waals surface area contributed by atoms with Gasteiger partial charge in [-0.25, -0.2) is 0 Å². The number of hydrogen-bond acceptors (Lipinski definition) is 7. The van der Waals surface area contributed by atoms with Crippen molar-refractivity contribution in [2.24, 2.45) is 51.2 Å². The van der Waals surface area contributed by atoms with E-state index in [0.717, 1.165) is 24.0 Å². The summed E-state index contributed by atoms with van der Waals surface area (Å²) in [4.78, 5) is 55.9. The lowest BCUT2D eigenvalue weighted by Crippen LogP contribution is -2.61. The number of esters is 2. The molecule has 10 atom stereocenters. The lowest BCUT2D eigenvalue weighted by Gasteiger charge is -2.55. The number of methoxy groups -OCH3 is 2. The van der Waals surface area contributed by atoms with E-state index in [9.17, 15) is 24.3 Å². The van der Waals surface area contributed by atoms with E-state index in [4.69, 9.17) is 9.47 Å². The Labute approximate surface area is 231 Å². The Kier molecular flexibility index (Phi) is 6.42. The minimum absolute atomic E-state index is 0.162. The van der Waals surface area contributed by atoms with Gasteiger partial charge in [0.05, 0.1) is 20.3 Å². The zero-order valence-corrected chi connectivity index (χ0v) is 24.7. The summed E-state index contributed by atoms with van der Waals surface area (Å²) in [6, 6.07) is 0. The SMILES string of the molecule is COC(=O)[C@@]12C(=O)C3=C([C@@H](C)[C@]1(C)CC[C@H]2C)[C@@H](O)CC[C@H]3C1=CC(=O)[C@@]2(C(=O)OC)[C@H](C)CC[C@@]2(C)[C@@H]1C. The zero-order valence-electron chi connectivity index (χ0n) is 24.7. The molecule has 0 unspecified atom stereocenters. The van der Waals surface area contributed by atoms with Crippen LogP contribution in [0.25, 0.3) is 0 Å². The molecule has 0 aliphatic heterocycles. The van der Waals surface area contributed by atoms with Gasteiger partial charge < -0.3 is 14.6 Å². The van der Waals surface area contributed by atoms with E-state index in [1.807, 2.05) is 34.6 Å². The Bertz CT molecular complexity index is 1210. The van der Waals surface area contributed by atoms with Gasteiger partial charge in [0, 0.05) is 11.5 Å². The molecule has 2 fully saturated rings. The van der Waals surface area contributed by atoms with Gasteiger partial charge in [-0.2, -0.15) is 0 Å². The fraction of sp³-hybridized carbons (Fsp3) is 0.750. The summed E-state index contributed by atoms with van der Waals surface area (Å²) in [7, 11) is 2.68. The summed E-state index contributed by atoms with van der Waals surface area (Å²) < 4.78 is 10.6. The van der Waals surface area contributed by atoms with Crippen molar-refractivity contribution >= 4 is 23.5 Å². The molecule has 2 saturated carbocycles. The number of carbonyl (C=O) groups is 4. The van der Waals surface area contributed by atoms with Gasteiger partial charge in [0.1, 0.15) is 10.8 Å². The quantitative estimate of drug-likeness (QED) is 0.412. The second-order valence-corrected chi connectivity index (χ2v) is 13.6. The second-order valence-electron chi connectivity index (χ2n) is 13.6. The van der Waals surface area contributed by atoms with Crippen LogP contribution >= 0.6 is 0 Å². The van der Waals surface area contributed by atoms with Gasteiger partial charge in [0.2, 0.25) is 0 Å². The molecule has 7 nitrogen and oxygen atoms in total. The number of hydrogen-bond donors (Lipinski definition) is 1. The van der Waals surface area contributed by atoms with Gasteiger partial charge in [-0.15, -0.1) is 0 Å².